The van der Waals surface area contributed by atoms with Gasteiger partial charge < -0.3 is 15.1 Å². The van der Waals surface area contributed by atoms with Crippen LogP contribution in [0.4, 0.5) is 8.78 Å². The zero-order valence-corrected chi connectivity index (χ0v) is 11.8. The van der Waals surface area contributed by atoms with Crippen LogP contribution in [0.1, 0.15) is 24.0 Å². The fourth-order valence-corrected chi connectivity index (χ4v) is 2.55. The highest BCUT2D eigenvalue weighted by atomic mass is 19.3. The van der Waals surface area contributed by atoms with Crippen molar-refractivity contribution >= 4 is 12.0 Å². The molecule has 118 valence electrons. The van der Waals surface area contributed by atoms with Gasteiger partial charge in [-0.2, -0.15) is 0 Å². The summed E-state index contributed by atoms with van der Waals surface area (Å²) in [6.45, 7) is 0.921. The van der Waals surface area contributed by atoms with Crippen molar-refractivity contribution in [3.05, 3.63) is 29.3 Å². The number of alkyl halides is 2. The number of aliphatic hydroxyl groups is 1. The molecule has 0 aliphatic carbocycles. The summed E-state index contributed by atoms with van der Waals surface area (Å²) in [6.07, 6.45) is 2.59. The Bertz CT molecular complexity index is 634. The zero-order chi connectivity index (χ0) is 15.7. The fraction of sp³-hybridized carbons (Fsp3) is 0.400. The van der Waals surface area contributed by atoms with Crippen molar-refractivity contribution in [2.24, 2.45) is 5.16 Å². The summed E-state index contributed by atoms with van der Waals surface area (Å²) >= 11 is 0. The number of oxime groups is 1. The van der Waals surface area contributed by atoms with Gasteiger partial charge in [0.05, 0.1) is 0 Å². The first-order valence-electron chi connectivity index (χ1n) is 7.02. The van der Waals surface area contributed by atoms with E-state index < -0.39 is 5.92 Å². The van der Waals surface area contributed by atoms with E-state index in [-0.39, 0.29) is 43.3 Å². The van der Waals surface area contributed by atoms with E-state index >= 15 is 0 Å². The first-order chi connectivity index (χ1) is 10.4. The monoisotopic (exact) mass is 310 g/mol. The number of piperidine rings is 1. The second kappa shape index (κ2) is 5.57. The molecule has 1 fully saturated rings. The van der Waals surface area contributed by atoms with Gasteiger partial charge in [-0.15, -0.1) is 0 Å². The topological polar surface area (TPSA) is 65.3 Å². The van der Waals surface area contributed by atoms with Crippen molar-refractivity contribution in [3.8, 4) is 11.5 Å². The number of phenolic OH excluding ortho intramolecular Hbond substituents is 1. The minimum absolute atomic E-state index is 0.0852. The number of phenols is 1. The van der Waals surface area contributed by atoms with E-state index in [1.54, 1.807) is 18.2 Å². The first kappa shape index (κ1) is 14.8. The van der Waals surface area contributed by atoms with E-state index in [4.69, 9.17) is 4.84 Å². The predicted molar refractivity (Wildman–Crippen MR) is 77.3 cm³/mol. The molecule has 3 rings (SSSR count). The van der Waals surface area contributed by atoms with Gasteiger partial charge >= 0.3 is 0 Å². The normalized spacial score (nSPS) is 20.7. The Morgan fingerprint density at radius 1 is 1.18 bits per heavy atom. The summed E-state index contributed by atoms with van der Waals surface area (Å²) in [4.78, 5) is 6.91. The van der Waals surface area contributed by atoms with Crippen LogP contribution in [0.25, 0.3) is 6.08 Å². The molecule has 0 saturated carbocycles. The van der Waals surface area contributed by atoms with E-state index in [0.717, 1.165) is 0 Å². The smallest absolute Gasteiger partial charge is 0.250 e. The Morgan fingerprint density at radius 3 is 2.64 bits per heavy atom. The summed E-state index contributed by atoms with van der Waals surface area (Å²) in [5, 5.41) is 23.0. The molecule has 2 aliphatic heterocycles. The minimum Gasteiger partial charge on any atom is -0.504 e. The molecule has 0 spiro atoms. The molecule has 0 radical (unpaired) electrons. The highest BCUT2D eigenvalue weighted by molar-refractivity contribution is 5.91. The van der Waals surface area contributed by atoms with Gasteiger partial charge in [0.25, 0.3) is 5.92 Å². The van der Waals surface area contributed by atoms with Crippen LogP contribution in [-0.4, -0.2) is 40.0 Å². The van der Waals surface area contributed by atoms with E-state index in [2.05, 4.69) is 5.16 Å². The van der Waals surface area contributed by atoms with Gasteiger partial charge in [-0.05, 0) is 11.2 Å². The standard InChI is InChI=1S/C15H16F2N2O3/c16-15(17)5-7-19(8-6-15)9-11-2-1-10-3-4-12(20)18-22-14(10)13(11)21/h1-4,21H,5-9H2,(H,18,20). The van der Waals surface area contributed by atoms with Crippen LogP contribution < -0.4 is 4.84 Å². The third-order valence-corrected chi connectivity index (χ3v) is 3.87. The molecule has 7 heteroatoms. The van der Waals surface area contributed by atoms with Crippen LogP contribution in [0.2, 0.25) is 0 Å². The summed E-state index contributed by atoms with van der Waals surface area (Å²) in [6, 6.07) is 3.45. The maximum Gasteiger partial charge on any atom is 0.250 e. The lowest BCUT2D eigenvalue weighted by molar-refractivity contribution is -0.0567. The maximum absolute atomic E-state index is 13.2. The van der Waals surface area contributed by atoms with Gasteiger partial charge in [-0.3, -0.25) is 4.90 Å². The van der Waals surface area contributed by atoms with E-state index in [9.17, 15) is 19.0 Å². The van der Waals surface area contributed by atoms with Gasteiger partial charge in [0.15, 0.2) is 5.75 Å². The van der Waals surface area contributed by atoms with Crippen molar-refractivity contribution in [1.29, 1.82) is 0 Å². The largest absolute Gasteiger partial charge is 0.504 e. The molecule has 0 bridgehead atoms. The lowest BCUT2D eigenvalue weighted by Gasteiger charge is -2.31. The molecule has 0 aromatic heterocycles. The summed E-state index contributed by atoms with van der Waals surface area (Å²) in [7, 11) is 0. The van der Waals surface area contributed by atoms with Crippen LogP contribution in [0.15, 0.2) is 23.4 Å². The highest BCUT2D eigenvalue weighted by Crippen LogP contribution is 2.37. The van der Waals surface area contributed by atoms with Gasteiger partial charge in [0.1, 0.15) is 0 Å². The second-order valence-corrected chi connectivity index (χ2v) is 5.50. The van der Waals surface area contributed by atoms with Gasteiger partial charge in [0.2, 0.25) is 11.6 Å². The summed E-state index contributed by atoms with van der Waals surface area (Å²) in [5.74, 6) is -2.82. The second-order valence-electron chi connectivity index (χ2n) is 5.50. The average Bonchev–Trinajstić information content (AvgIpc) is 2.67. The molecule has 2 N–H and O–H groups in total. The van der Waals surface area contributed by atoms with Gasteiger partial charge in [-0.25, -0.2) is 8.78 Å². The van der Waals surface area contributed by atoms with Crippen LogP contribution in [-0.2, 0) is 6.54 Å². The molecule has 22 heavy (non-hydrogen) atoms. The molecule has 1 saturated heterocycles. The number of rotatable bonds is 2. The molecule has 2 aliphatic rings. The molecule has 5 nitrogen and oxygen atoms in total. The maximum atomic E-state index is 13.2. The lowest BCUT2D eigenvalue weighted by atomic mass is 10.0. The van der Waals surface area contributed by atoms with Crippen LogP contribution >= 0.6 is 0 Å². The molecular formula is C15H16F2N2O3. The van der Waals surface area contributed by atoms with Crippen molar-refractivity contribution in [1.82, 2.24) is 4.90 Å². The quantitative estimate of drug-likeness (QED) is 0.881. The average molecular weight is 310 g/mol. The lowest BCUT2D eigenvalue weighted by Crippen LogP contribution is -2.38. The van der Waals surface area contributed by atoms with Crippen LogP contribution in [0.3, 0.4) is 0 Å². The molecule has 1 aromatic carbocycles. The summed E-state index contributed by atoms with van der Waals surface area (Å²) < 4.78 is 26.3. The Hall–Kier alpha value is -2.15. The Morgan fingerprint density at radius 2 is 1.91 bits per heavy atom. The van der Waals surface area contributed by atoms with E-state index in [1.807, 2.05) is 4.90 Å². The van der Waals surface area contributed by atoms with Crippen molar-refractivity contribution in [2.75, 3.05) is 13.1 Å². The number of benzene rings is 1. The number of aliphatic hydroxyl groups excluding tert-OH is 1. The van der Waals surface area contributed by atoms with Crippen molar-refractivity contribution in [3.63, 3.8) is 0 Å². The number of hydrogen-bond donors (Lipinski definition) is 2. The molecule has 0 amide bonds. The SMILES string of the molecule is OC1=NOc2c(ccc(CN3CCC(F)(F)CC3)c2O)C=C1. The first-order valence-corrected chi connectivity index (χ1v) is 7.02. The number of fused-ring (bicyclic) bond motifs is 1. The van der Waals surface area contributed by atoms with Gasteiger partial charge in [0, 0.05) is 49.7 Å². The van der Waals surface area contributed by atoms with Gasteiger partial charge in [-0.1, -0.05) is 12.1 Å². The van der Waals surface area contributed by atoms with Crippen molar-refractivity contribution in [2.45, 2.75) is 25.3 Å². The fourth-order valence-electron chi connectivity index (χ4n) is 2.55. The molecule has 1 aromatic rings. The number of halogens is 2. The number of likely N-dealkylation sites (tertiary alicyclic amines) is 1. The van der Waals surface area contributed by atoms with E-state index in [1.165, 1.54) is 6.08 Å². The predicted octanol–water partition coefficient (Wildman–Crippen LogP) is 2.90. The minimum atomic E-state index is -2.59. The van der Waals surface area contributed by atoms with Crippen LogP contribution in [0, 0.1) is 0 Å². The van der Waals surface area contributed by atoms with E-state index in [0.29, 0.717) is 17.7 Å². The number of nitrogens with zero attached hydrogens (tertiary/aromatic N) is 2. The third-order valence-electron chi connectivity index (χ3n) is 3.87. The molecule has 0 atom stereocenters. The Balaban J connectivity index is 1.78. The molecular weight excluding hydrogens is 294 g/mol. The molecule has 2 heterocycles. The number of aromatic hydroxyl groups is 1. The zero-order valence-electron chi connectivity index (χ0n) is 11.8. The van der Waals surface area contributed by atoms with Crippen LogP contribution in [0.5, 0.6) is 11.5 Å². The summed E-state index contributed by atoms with van der Waals surface area (Å²) in [5.41, 5.74) is 1.16. The third kappa shape index (κ3) is 3.04. The number of hydrogen-bond acceptors (Lipinski definition) is 4. The molecule has 0 unspecified atom stereocenters. The highest BCUT2D eigenvalue weighted by Gasteiger charge is 2.34. The Kier molecular flexibility index (Phi) is 3.74. The van der Waals surface area contributed by atoms with Crippen molar-refractivity contribution < 1.29 is 23.8 Å². The Labute approximate surface area is 126 Å².